The minimum absolute atomic E-state index is 0.0393. The van der Waals surface area contributed by atoms with E-state index in [4.69, 9.17) is 0 Å². The molecule has 2 rings (SSSR count). The summed E-state index contributed by atoms with van der Waals surface area (Å²) in [5.41, 5.74) is 1.67. The van der Waals surface area contributed by atoms with Crippen LogP contribution >= 0.6 is 15.9 Å². The number of halogens is 1. The van der Waals surface area contributed by atoms with Crippen LogP contribution in [-0.2, 0) is 6.42 Å². The lowest BCUT2D eigenvalue weighted by molar-refractivity contribution is 0.0952. The second-order valence-corrected chi connectivity index (χ2v) is 5.17. The van der Waals surface area contributed by atoms with Gasteiger partial charge >= 0.3 is 0 Å². The first-order valence-electron chi connectivity index (χ1n) is 6.05. The SMILES string of the molecule is Cc1cc(Br)ccc1C(=O)NCCCc1ncn[nH]1. The molecular weight excluding hydrogens is 308 g/mol. The summed E-state index contributed by atoms with van der Waals surface area (Å²) in [5.74, 6) is 0.802. The third-order valence-electron chi connectivity index (χ3n) is 2.77. The van der Waals surface area contributed by atoms with E-state index in [0.29, 0.717) is 12.1 Å². The number of aromatic amines is 1. The van der Waals surface area contributed by atoms with Crippen molar-refractivity contribution in [3.05, 3.63) is 46.0 Å². The Hall–Kier alpha value is -1.69. The Kier molecular flexibility index (Phi) is 4.68. The molecule has 0 saturated carbocycles. The standard InChI is InChI=1S/C13H15BrN4O/c1-9-7-10(14)4-5-11(9)13(19)15-6-2-3-12-16-8-17-18-12/h4-5,7-8H,2-3,6H2,1H3,(H,15,19)(H,16,17,18). The van der Waals surface area contributed by atoms with E-state index in [-0.39, 0.29) is 5.91 Å². The lowest BCUT2D eigenvalue weighted by Crippen LogP contribution is -2.25. The summed E-state index contributed by atoms with van der Waals surface area (Å²) in [6.07, 6.45) is 3.09. The minimum atomic E-state index is -0.0393. The fourth-order valence-corrected chi connectivity index (χ4v) is 2.26. The van der Waals surface area contributed by atoms with Crippen molar-refractivity contribution in [2.75, 3.05) is 6.54 Å². The summed E-state index contributed by atoms with van der Waals surface area (Å²) in [5, 5.41) is 9.47. The van der Waals surface area contributed by atoms with Crippen LogP contribution in [0, 0.1) is 6.92 Å². The van der Waals surface area contributed by atoms with Gasteiger partial charge < -0.3 is 5.32 Å². The molecule has 0 aliphatic carbocycles. The van der Waals surface area contributed by atoms with Crippen LogP contribution < -0.4 is 5.32 Å². The van der Waals surface area contributed by atoms with Crippen molar-refractivity contribution in [1.29, 1.82) is 0 Å². The van der Waals surface area contributed by atoms with Crippen LogP contribution in [0.2, 0.25) is 0 Å². The van der Waals surface area contributed by atoms with Crippen LogP contribution in [0.25, 0.3) is 0 Å². The lowest BCUT2D eigenvalue weighted by Gasteiger charge is -2.07. The van der Waals surface area contributed by atoms with E-state index < -0.39 is 0 Å². The number of rotatable bonds is 5. The first-order chi connectivity index (χ1) is 9.16. The molecule has 0 radical (unpaired) electrons. The molecule has 0 aliphatic heterocycles. The molecule has 5 nitrogen and oxygen atoms in total. The molecule has 6 heteroatoms. The van der Waals surface area contributed by atoms with Crippen LogP contribution in [0.4, 0.5) is 0 Å². The zero-order valence-corrected chi connectivity index (χ0v) is 12.2. The van der Waals surface area contributed by atoms with Crippen LogP contribution in [0.15, 0.2) is 29.0 Å². The predicted octanol–water partition coefficient (Wildman–Crippen LogP) is 2.24. The normalized spacial score (nSPS) is 10.4. The molecule has 1 amide bonds. The average Bonchev–Trinajstić information content (AvgIpc) is 2.87. The summed E-state index contributed by atoms with van der Waals surface area (Å²) in [7, 11) is 0. The smallest absolute Gasteiger partial charge is 0.251 e. The van der Waals surface area contributed by atoms with E-state index in [1.54, 1.807) is 0 Å². The highest BCUT2D eigenvalue weighted by molar-refractivity contribution is 9.10. The van der Waals surface area contributed by atoms with E-state index in [2.05, 4.69) is 36.4 Å². The third-order valence-corrected chi connectivity index (χ3v) is 3.27. The van der Waals surface area contributed by atoms with Gasteiger partial charge in [0.05, 0.1) is 0 Å². The summed E-state index contributed by atoms with van der Waals surface area (Å²) < 4.78 is 0.979. The Morgan fingerprint density at radius 3 is 3.00 bits per heavy atom. The number of carbonyl (C=O) groups is 1. The topological polar surface area (TPSA) is 70.7 Å². The fourth-order valence-electron chi connectivity index (χ4n) is 1.79. The van der Waals surface area contributed by atoms with Crippen LogP contribution in [0.1, 0.15) is 28.2 Å². The van der Waals surface area contributed by atoms with Crippen molar-refractivity contribution in [2.45, 2.75) is 19.8 Å². The van der Waals surface area contributed by atoms with Gasteiger partial charge in [0.25, 0.3) is 5.91 Å². The van der Waals surface area contributed by atoms with Gasteiger partial charge in [0, 0.05) is 23.0 Å². The molecule has 0 bridgehead atoms. The number of nitrogens with one attached hydrogen (secondary N) is 2. The van der Waals surface area contributed by atoms with E-state index in [1.807, 2.05) is 25.1 Å². The zero-order chi connectivity index (χ0) is 13.7. The van der Waals surface area contributed by atoms with Crippen molar-refractivity contribution in [3.63, 3.8) is 0 Å². The Balaban J connectivity index is 1.81. The van der Waals surface area contributed by atoms with Gasteiger partial charge in [0.15, 0.2) is 0 Å². The monoisotopic (exact) mass is 322 g/mol. The van der Waals surface area contributed by atoms with Gasteiger partial charge in [-0.25, -0.2) is 4.98 Å². The van der Waals surface area contributed by atoms with E-state index in [0.717, 1.165) is 28.7 Å². The van der Waals surface area contributed by atoms with Gasteiger partial charge in [-0.2, -0.15) is 5.10 Å². The second kappa shape index (κ2) is 6.47. The van der Waals surface area contributed by atoms with Gasteiger partial charge in [-0.1, -0.05) is 15.9 Å². The molecule has 2 aromatic rings. The van der Waals surface area contributed by atoms with Gasteiger partial charge in [0.2, 0.25) is 0 Å². The number of H-pyrrole nitrogens is 1. The van der Waals surface area contributed by atoms with Crippen LogP contribution in [0.3, 0.4) is 0 Å². The third kappa shape index (κ3) is 3.89. The van der Waals surface area contributed by atoms with Gasteiger partial charge in [0.1, 0.15) is 12.2 Å². The number of benzene rings is 1. The highest BCUT2D eigenvalue weighted by Gasteiger charge is 2.08. The first kappa shape index (κ1) is 13.7. The minimum Gasteiger partial charge on any atom is -0.352 e. The molecule has 0 unspecified atom stereocenters. The van der Waals surface area contributed by atoms with Gasteiger partial charge in [-0.3, -0.25) is 9.89 Å². The molecule has 0 spiro atoms. The maximum absolute atomic E-state index is 12.0. The number of amides is 1. The maximum atomic E-state index is 12.0. The summed E-state index contributed by atoms with van der Waals surface area (Å²) in [6, 6.07) is 5.63. The van der Waals surface area contributed by atoms with E-state index >= 15 is 0 Å². The zero-order valence-electron chi connectivity index (χ0n) is 10.6. The fraction of sp³-hybridized carbons (Fsp3) is 0.308. The van der Waals surface area contributed by atoms with E-state index in [9.17, 15) is 4.79 Å². The van der Waals surface area contributed by atoms with Crippen molar-refractivity contribution >= 4 is 21.8 Å². The van der Waals surface area contributed by atoms with Crippen LogP contribution in [-0.4, -0.2) is 27.6 Å². The van der Waals surface area contributed by atoms with Crippen molar-refractivity contribution < 1.29 is 4.79 Å². The lowest BCUT2D eigenvalue weighted by atomic mass is 10.1. The molecular formula is C13H15BrN4O. The average molecular weight is 323 g/mol. The largest absolute Gasteiger partial charge is 0.352 e. The van der Waals surface area contributed by atoms with Crippen molar-refractivity contribution in [1.82, 2.24) is 20.5 Å². The number of aryl methyl sites for hydroxylation is 2. The molecule has 1 heterocycles. The summed E-state index contributed by atoms with van der Waals surface area (Å²) in [6.45, 7) is 2.54. The molecule has 0 saturated heterocycles. The second-order valence-electron chi connectivity index (χ2n) is 4.25. The Morgan fingerprint density at radius 2 is 2.32 bits per heavy atom. The number of hydrogen-bond acceptors (Lipinski definition) is 3. The van der Waals surface area contributed by atoms with Crippen molar-refractivity contribution in [2.24, 2.45) is 0 Å². The number of carbonyl (C=O) groups excluding carboxylic acids is 1. The van der Waals surface area contributed by atoms with E-state index in [1.165, 1.54) is 6.33 Å². The molecule has 1 aromatic carbocycles. The predicted molar refractivity (Wildman–Crippen MR) is 75.9 cm³/mol. The highest BCUT2D eigenvalue weighted by Crippen LogP contribution is 2.15. The molecule has 100 valence electrons. The molecule has 0 atom stereocenters. The maximum Gasteiger partial charge on any atom is 0.251 e. The Morgan fingerprint density at radius 1 is 1.47 bits per heavy atom. The summed E-state index contributed by atoms with van der Waals surface area (Å²) >= 11 is 3.38. The molecule has 19 heavy (non-hydrogen) atoms. The molecule has 0 fully saturated rings. The number of hydrogen-bond donors (Lipinski definition) is 2. The van der Waals surface area contributed by atoms with Crippen LogP contribution in [0.5, 0.6) is 0 Å². The first-order valence-corrected chi connectivity index (χ1v) is 6.84. The quantitative estimate of drug-likeness (QED) is 0.829. The molecule has 1 aromatic heterocycles. The van der Waals surface area contributed by atoms with Crippen molar-refractivity contribution in [3.8, 4) is 0 Å². The van der Waals surface area contributed by atoms with Gasteiger partial charge in [-0.05, 0) is 37.1 Å². The molecule has 0 aliphatic rings. The number of aromatic nitrogens is 3. The summed E-state index contributed by atoms with van der Waals surface area (Å²) in [4.78, 5) is 16.0. The highest BCUT2D eigenvalue weighted by atomic mass is 79.9. The Labute approximate surface area is 120 Å². The Bertz CT molecular complexity index is 554. The molecule has 2 N–H and O–H groups in total. The number of nitrogens with zero attached hydrogens (tertiary/aromatic N) is 2. The van der Waals surface area contributed by atoms with Gasteiger partial charge in [-0.15, -0.1) is 0 Å².